The third kappa shape index (κ3) is 3.10. The van der Waals surface area contributed by atoms with Gasteiger partial charge in [-0.1, -0.05) is 18.2 Å². The van der Waals surface area contributed by atoms with Crippen LogP contribution in [0.2, 0.25) is 0 Å². The molecule has 1 unspecified atom stereocenters. The third-order valence-electron chi connectivity index (χ3n) is 3.86. The van der Waals surface area contributed by atoms with Gasteiger partial charge in [-0.15, -0.1) is 11.3 Å². The van der Waals surface area contributed by atoms with Crippen LogP contribution < -0.4 is 5.73 Å². The molecule has 1 aliphatic heterocycles. The van der Waals surface area contributed by atoms with E-state index < -0.39 is 0 Å². The predicted molar refractivity (Wildman–Crippen MR) is 87.4 cm³/mol. The number of thiazole rings is 1. The van der Waals surface area contributed by atoms with Crippen molar-refractivity contribution in [3.8, 4) is 11.3 Å². The number of hydrogen-bond acceptors (Lipinski definition) is 5. The Hall–Kier alpha value is -1.43. The fourth-order valence-electron chi connectivity index (χ4n) is 2.58. The van der Waals surface area contributed by atoms with Crippen molar-refractivity contribution in [3.63, 3.8) is 0 Å². The summed E-state index contributed by atoms with van der Waals surface area (Å²) in [7, 11) is 0. The molecule has 2 aromatic rings. The lowest BCUT2D eigenvalue weighted by Crippen LogP contribution is -2.42. The second-order valence-corrected chi connectivity index (χ2v) is 6.50. The molecule has 1 fully saturated rings. The Balaban J connectivity index is 1.80. The van der Waals surface area contributed by atoms with Crippen molar-refractivity contribution in [2.75, 3.05) is 25.4 Å². The third-order valence-corrected chi connectivity index (χ3v) is 4.80. The molecule has 1 saturated heterocycles. The lowest BCUT2D eigenvalue weighted by molar-refractivity contribution is -0.0402. The normalized spacial score (nSPS) is 20.0. The van der Waals surface area contributed by atoms with Crippen LogP contribution in [-0.4, -0.2) is 35.6 Å². The number of nitrogens with two attached hydrogens (primary N) is 1. The van der Waals surface area contributed by atoms with Gasteiger partial charge in [-0.25, -0.2) is 4.98 Å². The van der Waals surface area contributed by atoms with Gasteiger partial charge >= 0.3 is 0 Å². The molecule has 0 amide bonds. The standard InChI is InChI=1S/C16H21N3OS/c1-11(2)19-7-8-20-15(9-19)16-18-14(10-21-16)12-5-3-4-6-13(12)17/h3-6,10-11,15H,7-9,17H2,1-2H3. The SMILES string of the molecule is CC(C)N1CCOC(c2nc(-c3ccccc3N)cs2)C1. The summed E-state index contributed by atoms with van der Waals surface area (Å²) in [4.78, 5) is 7.18. The van der Waals surface area contributed by atoms with Crippen LogP contribution in [0.1, 0.15) is 25.0 Å². The molecule has 21 heavy (non-hydrogen) atoms. The minimum absolute atomic E-state index is 0.0739. The van der Waals surface area contributed by atoms with Gasteiger partial charge in [-0.3, -0.25) is 4.90 Å². The maximum Gasteiger partial charge on any atom is 0.124 e. The lowest BCUT2D eigenvalue weighted by Gasteiger charge is -2.34. The van der Waals surface area contributed by atoms with Crippen LogP contribution in [0, 0.1) is 0 Å². The fraction of sp³-hybridized carbons (Fsp3) is 0.438. The molecule has 0 spiro atoms. The molecule has 0 bridgehead atoms. The number of anilines is 1. The van der Waals surface area contributed by atoms with Crippen molar-refractivity contribution in [2.24, 2.45) is 0 Å². The summed E-state index contributed by atoms with van der Waals surface area (Å²) in [5.74, 6) is 0. The van der Waals surface area contributed by atoms with E-state index in [9.17, 15) is 0 Å². The van der Waals surface area contributed by atoms with Gasteiger partial charge in [-0.2, -0.15) is 0 Å². The number of nitrogen functional groups attached to an aromatic ring is 1. The highest BCUT2D eigenvalue weighted by molar-refractivity contribution is 7.10. The number of hydrogen-bond donors (Lipinski definition) is 1. The van der Waals surface area contributed by atoms with Crippen molar-refractivity contribution in [1.29, 1.82) is 0 Å². The van der Waals surface area contributed by atoms with Crippen LogP contribution in [0.15, 0.2) is 29.6 Å². The van der Waals surface area contributed by atoms with Gasteiger partial charge in [0, 0.05) is 35.8 Å². The zero-order valence-electron chi connectivity index (χ0n) is 12.5. The smallest absolute Gasteiger partial charge is 0.124 e. The van der Waals surface area contributed by atoms with E-state index in [1.54, 1.807) is 11.3 Å². The number of morpholine rings is 1. The van der Waals surface area contributed by atoms with Gasteiger partial charge in [0.15, 0.2) is 0 Å². The Morgan fingerprint density at radius 3 is 2.95 bits per heavy atom. The van der Waals surface area contributed by atoms with Crippen molar-refractivity contribution in [1.82, 2.24) is 9.88 Å². The highest BCUT2D eigenvalue weighted by Crippen LogP contribution is 2.31. The van der Waals surface area contributed by atoms with Gasteiger partial charge in [-0.05, 0) is 19.9 Å². The average molecular weight is 303 g/mol. The second-order valence-electron chi connectivity index (χ2n) is 5.61. The van der Waals surface area contributed by atoms with Gasteiger partial charge in [0.05, 0.1) is 12.3 Å². The molecule has 5 heteroatoms. The summed E-state index contributed by atoms with van der Waals surface area (Å²) in [6.07, 6.45) is 0.0739. The Morgan fingerprint density at radius 2 is 2.19 bits per heavy atom. The first-order valence-electron chi connectivity index (χ1n) is 7.31. The van der Waals surface area contributed by atoms with Crippen molar-refractivity contribution in [3.05, 3.63) is 34.7 Å². The Labute approximate surface area is 129 Å². The first-order chi connectivity index (χ1) is 10.1. The Morgan fingerprint density at radius 1 is 1.38 bits per heavy atom. The maximum atomic E-state index is 6.03. The number of para-hydroxylation sites is 1. The molecule has 1 aromatic heterocycles. The molecule has 0 radical (unpaired) electrons. The minimum atomic E-state index is 0.0739. The largest absolute Gasteiger partial charge is 0.398 e. The molecule has 2 N–H and O–H groups in total. The molecule has 1 aliphatic rings. The van der Waals surface area contributed by atoms with Crippen LogP contribution in [0.4, 0.5) is 5.69 Å². The van der Waals surface area contributed by atoms with Crippen molar-refractivity contribution >= 4 is 17.0 Å². The molecule has 1 aromatic carbocycles. The molecular formula is C16H21N3OS. The first kappa shape index (κ1) is 14.5. The summed E-state index contributed by atoms with van der Waals surface area (Å²) in [6, 6.07) is 8.39. The number of rotatable bonds is 3. The summed E-state index contributed by atoms with van der Waals surface area (Å²) in [6.45, 7) is 7.12. The topological polar surface area (TPSA) is 51.4 Å². The molecule has 0 aliphatic carbocycles. The number of benzene rings is 1. The van der Waals surface area contributed by atoms with Crippen molar-refractivity contribution < 1.29 is 4.74 Å². The Kier molecular flexibility index (Phi) is 4.24. The molecular weight excluding hydrogens is 282 g/mol. The van der Waals surface area contributed by atoms with E-state index in [2.05, 4.69) is 24.1 Å². The monoisotopic (exact) mass is 303 g/mol. The van der Waals surface area contributed by atoms with Crippen LogP contribution in [-0.2, 0) is 4.74 Å². The quantitative estimate of drug-likeness (QED) is 0.885. The summed E-state index contributed by atoms with van der Waals surface area (Å²) < 4.78 is 5.90. The molecule has 0 saturated carbocycles. The molecule has 4 nitrogen and oxygen atoms in total. The summed E-state index contributed by atoms with van der Waals surface area (Å²) in [5.41, 5.74) is 8.73. The van der Waals surface area contributed by atoms with Crippen molar-refractivity contribution in [2.45, 2.75) is 26.0 Å². The van der Waals surface area contributed by atoms with Gasteiger partial charge in [0.2, 0.25) is 0 Å². The highest BCUT2D eigenvalue weighted by atomic mass is 32.1. The van der Waals surface area contributed by atoms with E-state index in [0.29, 0.717) is 6.04 Å². The highest BCUT2D eigenvalue weighted by Gasteiger charge is 2.26. The zero-order valence-corrected chi connectivity index (χ0v) is 13.3. The van der Waals surface area contributed by atoms with Crippen LogP contribution >= 0.6 is 11.3 Å². The van der Waals surface area contributed by atoms with E-state index >= 15 is 0 Å². The average Bonchev–Trinajstić information content (AvgIpc) is 2.97. The predicted octanol–water partition coefficient (Wildman–Crippen LogP) is 3.17. The number of ether oxygens (including phenoxy) is 1. The Bertz CT molecular complexity index is 611. The van der Waals surface area contributed by atoms with Gasteiger partial charge in [0.25, 0.3) is 0 Å². The zero-order chi connectivity index (χ0) is 14.8. The van der Waals surface area contributed by atoms with Gasteiger partial charge in [0.1, 0.15) is 11.1 Å². The molecule has 3 rings (SSSR count). The fourth-order valence-corrected chi connectivity index (χ4v) is 3.43. The second kappa shape index (κ2) is 6.13. The van der Waals surface area contributed by atoms with Crippen LogP contribution in [0.3, 0.4) is 0 Å². The maximum absolute atomic E-state index is 6.03. The van der Waals surface area contributed by atoms with E-state index in [4.69, 9.17) is 15.5 Å². The molecule has 2 heterocycles. The molecule has 112 valence electrons. The minimum Gasteiger partial charge on any atom is -0.398 e. The van der Waals surface area contributed by atoms with E-state index in [1.165, 1.54) is 0 Å². The van der Waals surface area contributed by atoms with Crippen LogP contribution in [0.25, 0.3) is 11.3 Å². The number of aromatic nitrogens is 1. The first-order valence-corrected chi connectivity index (χ1v) is 8.19. The summed E-state index contributed by atoms with van der Waals surface area (Å²) >= 11 is 1.66. The van der Waals surface area contributed by atoms with E-state index in [-0.39, 0.29) is 6.10 Å². The molecule has 1 atom stereocenters. The lowest BCUT2D eigenvalue weighted by atomic mass is 10.1. The van der Waals surface area contributed by atoms with E-state index in [1.807, 2.05) is 24.3 Å². The van der Waals surface area contributed by atoms with E-state index in [0.717, 1.165) is 41.6 Å². The van der Waals surface area contributed by atoms with Crippen LogP contribution in [0.5, 0.6) is 0 Å². The number of nitrogens with zero attached hydrogens (tertiary/aromatic N) is 2. The summed E-state index contributed by atoms with van der Waals surface area (Å²) in [5, 5.41) is 3.11. The van der Waals surface area contributed by atoms with Gasteiger partial charge < -0.3 is 10.5 Å².